The van der Waals surface area contributed by atoms with Crippen molar-refractivity contribution >= 4 is 5.84 Å². The topological polar surface area (TPSA) is 90.0 Å². The highest BCUT2D eigenvalue weighted by Gasteiger charge is 2.20. The molecular formula is C25H31ClN2O3. The van der Waals surface area contributed by atoms with Crippen LogP contribution in [-0.2, 0) is 12.8 Å². The van der Waals surface area contributed by atoms with Gasteiger partial charge in [-0.15, -0.1) is 0 Å². The lowest BCUT2D eigenvalue weighted by Gasteiger charge is -2.14. The lowest BCUT2D eigenvalue weighted by Crippen LogP contribution is -3.00. The molecule has 3 aromatic carbocycles. The highest BCUT2D eigenvalue weighted by Crippen LogP contribution is 2.27. The Morgan fingerprint density at radius 2 is 1.45 bits per heavy atom. The van der Waals surface area contributed by atoms with Gasteiger partial charge in [0.2, 0.25) is 5.84 Å². The van der Waals surface area contributed by atoms with Crippen LogP contribution in [-0.4, -0.2) is 32.1 Å². The smallest absolute Gasteiger partial charge is 0.248 e. The molecule has 0 heterocycles. The highest BCUT2D eigenvalue weighted by molar-refractivity contribution is 5.82. The van der Waals surface area contributed by atoms with E-state index in [-0.39, 0.29) is 23.8 Å². The number of amidine groups is 1. The molecule has 0 saturated heterocycles. The van der Waals surface area contributed by atoms with Gasteiger partial charge < -0.3 is 27.4 Å². The molecular weight excluding hydrogens is 412 g/mol. The van der Waals surface area contributed by atoms with Gasteiger partial charge in [-0.25, -0.2) is 0 Å². The Morgan fingerprint density at radius 1 is 0.839 bits per heavy atom. The van der Waals surface area contributed by atoms with Gasteiger partial charge in [-0.1, -0.05) is 66.7 Å². The maximum absolute atomic E-state index is 6.52. The molecule has 0 amide bonds. The number of hydrogen-bond acceptors (Lipinski definition) is 2. The molecule has 5 N–H and O–H groups in total. The number of ether oxygens (including phenoxy) is 2. The highest BCUT2D eigenvalue weighted by atomic mass is 35.5. The average molecular weight is 443 g/mol. The largest absolute Gasteiger partial charge is 1.00 e. The number of hydrogen-bond donors (Lipinski definition) is 2. The zero-order valence-electron chi connectivity index (χ0n) is 18.0. The monoisotopic (exact) mass is 442 g/mol. The van der Waals surface area contributed by atoms with Gasteiger partial charge in [0.1, 0.15) is 0 Å². The summed E-state index contributed by atoms with van der Waals surface area (Å²) < 4.78 is 10.7. The van der Waals surface area contributed by atoms with E-state index in [1.807, 2.05) is 24.3 Å². The number of nitrogens with two attached hydrogens (primary N) is 1. The molecule has 0 saturated carbocycles. The predicted molar refractivity (Wildman–Crippen MR) is 121 cm³/mol. The third-order valence-corrected chi connectivity index (χ3v) is 5.05. The second kappa shape index (κ2) is 13.3. The first-order valence-electron chi connectivity index (χ1n) is 9.87. The van der Waals surface area contributed by atoms with Gasteiger partial charge in [0.25, 0.3) is 0 Å². The quantitative estimate of drug-likeness (QED) is 0.325. The summed E-state index contributed by atoms with van der Waals surface area (Å²) >= 11 is 0. The lowest BCUT2D eigenvalue weighted by atomic mass is 9.91. The third-order valence-electron chi connectivity index (χ3n) is 5.05. The third kappa shape index (κ3) is 7.31. The van der Waals surface area contributed by atoms with Crippen LogP contribution in [0, 0.1) is 0 Å². The lowest BCUT2D eigenvalue weighted by molar-refractivity contribution is -0.459. The second-order valence-corrected chi connectivity index (χ2v) is 6.97. The molecule has 31 heavy (non-hydrogen) atoms. The Morgan fingerprint density at radius 3 is 2.06 bits per heavy atom. The number of methoxy groups -OCH3 is 2. The van der Waals surface area contributed by atoms with Crippen LogP contribution in [0.15, 0.2) is 78.9 Å². The van der Waals surface area contributed by atoms with E-state index in [2.05, 4.69) is 59.6 Å². The zero-order chi connectivity index (χ0) is 20.5. The van der Waals surface area contributed by atoms with E-state index < -0.39 is 0 Å². The van der Waals surface area contributed by atoms with Crippen molar-refractivity contribution in [3.8, 4) is 11.5 Å². The molecule has 6 heteroatoms. The molecule has 1 atom stereocenters. The first kappa shape index (κ1) is 26.0. The Balaban J connectivity index is 0.00000240. The van der Waals surface area contributed by atoms with E-state index in [0.717, 1.165) is 36.7 Å². The van der Waals surface area contributed by atoms with Gasteiger partial charge in [-0.2, -0.15) is 0 Å². The molecule has 166 valence electrons. The number of rotatable bonds is 9. The van der Waals surface area contributed by atoms with E-state index >= 15 is 0 Å². The molecule has 3 rings (SSSR count). The van der Waals surface area contributed by atoms with Crippen LogP contribution in [0.5, 0.6) is 11.5 Å². The van der Waals surface area contributed by atoms with E-state index in [9.17, 15) is 0 Å². The van der Waals surface area contributed by atoms with Gasteiger partial charge in [0.05, 0.1) is 26.7 Å². The van der Waals surface area contributed by atoms with E-state index in [0.29, 0.717) is 0 Å². The molecule has 3 aromatic rings. The van der Waals surface area contributed by atoms with Crippen LogP contribution in [0.4, 0.5) is 0 Å². The molecule has 0 aliphatic heterocycles. The van der Waals surface area contributed by atoms with Crippen LogP contribution in [0.1, 0.15) is 22.6 Å². The summed E-state index contributed by atoms with van der Waals surface area (Å²) in [6.07, 6.45) is 1.70. The van der Waals surface area contributed by atoms with Crippen molar-refractivity contribution < 1.29 is 32.3 Å². The Bertz CT molecular complexity index is 934. The van der Waals surface area contributed by atoms with Gasteiger partial charge in [-0.05, 0) is 35.2 Å². The number of benzene rings is 3. The van der Waals surface area contributed by atoms with Crippen LogP contribution >= 0.6 is 0 Å². The van der Waals surface area contributed by atoms with Crippen molar-refractivity contribution in [2.24, 2.45) is 5.73 Å². The average Bonchev–Trinajstić information content (AvgIpc) is 2.78. The molecule has 0 radical (unpaired) electrons. The fourth-order valence-corrected chi connectivity index (χ4v) is 3.45. The van der Waals surface area contributed by atoms with E-state index in [4.69, 9.17) is 15.2 Å². The summed E-state index contributed by atoms with van der Waals surface area (Å²) in [6.45, 7) is 0.749. The molecule has 0 spiro atoms. The fourth-order valence-electron chi connectivity index (χ4n) is 3.45. The van der Waals surface area contributed by atoms with E-state index in [1.165, 1.54) is 16.7 Å². The fraction of sp³-hybridized carbons (Fsp3) is 0.240. The number of halogens is 1. The second-order valence-electron chi connectivity index (χ2n) is 6.97. The minimum atomic E-state index is 0. The molecule has 5 nitrogen and oxygen atoms in total. The maximum Gasteiger partial charge on any atom is 0.248 e. The van der Waals surface area contributed by atoms with Crippen LogP contribution < -0.4 is 32.6 Å². The summed E-state index contributed by atoms with van der Waals surface area (Å²) in [5.41, 5.74) is 10.2. The summed E-state index contributed by atoms with van der Waals surface area (Å²) in [5.74, 6) is 2.39. The van der Waals surface area contributed by atoms with Gasteiger partial charge in [0, 0.05) is 6.42 Å². The van der Waals surface area contributed by atoms with Crippen LogP contribution in [0.25, 0.3) is 0 Å². The summed E-state index contributed by atoms with van der Waals surface area (Å²) in [7, 11) is 3.30. The Hall–Kier alpha value is -3.02. The van der Waals surface area contributed by atoms with Crippen LogP contribution in [0.3, 0.4) is 0 Å². The normalized spacial score (nSPS) is 11.6. The minimum absolute atomic E-state index is 0. The summed E-state index contributed by atoms with van der Waals surface area (Å²) in [5, 5.41) is 0. The maximum atomic E-state index is 6.52. The van der Waals surface area contributed by atoms with Gasteiger partial charge in [-0.3, -0.25) is 10.7 Å². The molecule has 1 unspecified atom stereocenters. The Kier molecular flexibility index (Phi) is 11.2. The molecule has 0 bridgehead atoms. The SMILES string of the molecule is COc1ccc(CC[NH+]=C(N)C(Cc2ccccc2)c2ccccc2)cc1OC.O.[Cl-]. The van der Waals surface area contributed by atoms with E-state index in [1.54, 1.807) is 14.2 Å². The van der Waals surface area contributed by atoms with Gasteiger partial charge >= 0.3 is 0 Å². The Labute approximate surface area is 190 Å². The standard InChI is InChI=1S/C25H28N2O2.ClH.H2O/c1-28-23-14-13-20(18-24(23)29-2)15-16-27-25(26)22(21-11-7-4-8-12-21)17-19-9-5-3-6-10-19;;/h3-14,18,22H,15-17H2,1-2H3,(H2,26,27);1H;1H2. The van der Waals surface area contributed by atoms with Gasteiger partial charge in [0.15, 0.2) is 11.5 Å². The predicted octanol–water partition coefficient (Wildman–Crippen LogP) is -1.11. The van der Waals surface area contributed by atoms with Crippen LogP contribution in [0.2, 0.25) is 0 Å². The van der Waals surface area contributed by atoms with Crippen molar-refractivity contribution in [3.05, 3.63) is 95.6 Å². The van der Waals surface area contributed by atoms with Crippen molar-refractivity contribution in [2.75, 3.05) is 20.8 Å². The molecule has 0 aliphatic rings. The van der Waals surface area contributed by atoms with Crippen molar-refractivity contribution in [1.82, 2.24) is 0 Å². The molecule has 0 fully saturated rings. The summed E-state index contributed by atoms with van der Waals surface area (Å²) in [6, 6.07) is 26.9. The van der Waals surface area contributed by atoms with Crippen molar-refractivity contribution in [2.45, 2.75) is 18.8 Å². The van der Waals surface area contributed by atoms with Crippen molar-refractivity contribution in [1.29, 1.82) is 0 Å². The first-order valence-corrected chi connectivity index (χ1v) is 9.87. The molecule has 0 aliphatic carbocycles. The number of nitrogens with one attached hydrogen (secondary N) is 1. The molecule has 0 aromatic heterocycles. The first-order chi connectivity index (χ1) is 14.2. The summed E-state index contributed by atoms with van der Waals surface area (Å²) in [4.78, 5) is 3.44. The minimum Gasteiger partial charge on any atom is -1.00 e. The van der Waals surface area contributed by atoms with Crippen molar-refractivity contribution in [3.63, 3.8) is 0 Å². The zero-order valence-corrected chi connectivity index (χ0v) is 18.7.